The SMILES string of the molecule is [C-]#[N+]c1cc([N+](=O)[O-])c(Oc2ccccc2CN(C)C)cc1F. The number of ether oxygens (including phenoxy) is 1. The van der Waals surface area contributed by atoms with E-state index < -0.39 is 22.1 Å². The van der Waals surface area contributed by atoms with Crippen molar-refractivity contribution in [2.75, 3.05) is 14.1 Å². The van der Waals surface area contributed by atoms with Crippen LogP contribution >= 0.6 is 0 Å². The zero-order valence-electron chi connectivity index (χ0n) is 12.6. The van der Waals surface area contributed by atoms with Gasteiger partial charge >= 0.3 is 5.69 Å². The van der Waals surface area contributed by atoms with Gasteiger partial charge in [-0.05, 0) is 20.2 Å². The molecule has 0 unspecified atom stereocenters. The first-order valence-corrected chi connectivity index (χ1v) is 6.68. The molecule has 0 aliphatic heterocycles. The van der Waals surface area contributed by atoms with E-state index >= 15 is 0 Å². The number of halogens is 1. The van der Waals surface area contributed by atoms with Gasteiger partial charge in [0.25, 0.3) is 0 Å². The summed E-state index contributed by atoms with van der Waals surface area (Å²) in [6, 6.07) is 8.78. The highest BCUT2D eigenvalue weighted by atomic mass is 19.1. The molecule has 0 aliphatic carbocycles. The van der Waals surface area contributed by atoms with Gasteiger partial charge in [0.05, 0.1) is 11.5 Å². The van der Waals surface area contributed by atoms with Gasteiger partial charge in [0, 0.05) is 24.2 Å². The second-order valence-electron chi connectivity index (χ2n) is 5.09. The first-order valence-electron chi connectivity index (χ1n) is 6.68. The maximum atomic E-state index is 13.8. The van der Waals surface area contributed by atoms with Crippen molar-refractivity contribution in [3.05, 3.63) is 69.3 Å². The third-order valence-electron chi connectivity index (χ3n) is 3.02. The first kappa shape index (κ1) is 16.4. The highest BCUT2D eigenvalue weighted by Gasteiger charge is 2.21. The number of nitro groups is 1. The summed E-state index contributed by atoms with van der Waals surface area (Å²) in [5, 5.41) is 11.1. The van der Waals surface area contributed by atoms with Crippen LogP contribution in [-0.4, -0.2) is 23.9 Å². The Balaban J connectivity index is 2.47. The van der Waals surface area contributed by atoms with Gasteiger partial charge in [0.2, 0.25) is 11.4 Å². The van der Waals surface area contributed by atoms with E-state index in [1.54, 1.807) is 12.1 Å². The van der Waals surface area contributed by atoms with Gasteiger partial charge in [0.15, 0.2) is 0 Å². The summed E-state index contributed by atoms with van der Waals surface area (Å²) >= 11 is 0. The lowest BCUT2D eigenvalue weighted by molar-refractivity contribution is -0.385. The summed E-state index contributed by atoms with van der Waals surface area (Å²) in [4.78, 5) is 15.3. The van der Waals surface area contributed by atoms with Crippen LogP contribution in [0.25, 0.3) is 4.85 Å². The summed E-state index contributed by atoms with van der Waals surface area (Å²) in [7, 11) is 3.76. The number of nitro benzene ring substituents is 1. The third kappa shape index (κ3) is 3.81. The van der Waals surface area contributed by atoms with Crippen LogP contribution < -0.4 is 4.74 Å². The average molecular weight is 315 g/mol. The van der Waals surface area contributed by atoms with E-state index in [1.165, 1.54) is 0 Å². The van der Waals surface area contributed by atoms with E-state index in [2.05, 4.69) is 4.85 Å². The normalized spacial score (nSPS) is 10.4. The van der Waals surface area contributed by atoms with Crippen LogP contribution in [0.1, 0.15) is 5.56 Å². The van der Waals surface area contributed by atoms with Crippen LogP contribution in [0.3, 0.4) is 0 Å². The van der Waals surface area contributed by atoms with Crippen molar-refractivity contribution >= 4 is 11.4 Å². The lowest BCUT2D eigenvalue weighted by Crippen LogP contribution is -2.11. The smallest absolute Gasteiger partial charge is 0.301 e. The highest BCUT2D eigenvalue weighted by Crippen LogP contribution is 2.37. The van der Waals surface area contributed by atoms with Crippen molar-refractivity contribution in [1.29, 1.82) is 0 Å². The quantitative estimate of drug-likeness (QED) is 0.473. The Hall–Kier alpha value is -2.98. The molecule has 0 bridgehead atoms. The van der Waals surface area contributed by atoms with Crippen LogP contribution in [0, 0.1) is 22.5 Å². The van der Waals surface area contributed by atoms with E-state index in [4.69, 9.17) is 11.3 Å². The standard InChI is InChI=1S/C16H14FN3O3/c1-18-13-9-14(20(21)22)16(8-12(13)17)23-15-7-5-4-6-11(15)10-19(2)3/h4-9H,10H2,2-3H3. The van der Waals surface area contributed by atoms with Gasteiger partial charge in [-0.25, -0.2) is 9.24 Å². The molecule has 2 aromatic carbocycles. The largest absolute Gasteiger partial charge is 0.450 e. The lowest BCUT2D eigenvalue weighted by Gasteiger charge is -2.15. The Labute approximate surface area is 132 Å². The minimum Gasteiger partial charge on any atom is -0.450 e. The van der Waals surface area contributed by atoms with Gasteiger partial charge in [-0.15, -0.1) is 0 Å². The van der Waals surface area contributed by atoms with Crippen LogP contribution in [0.15, 0.2) is 36.4 Å². The fourth-order valence-electron chi connectivity index (χ4n) is 2.04. The van der Waals surface area contributed by atoms with Crippen molar-refractivity contribution in [2.45, 2.75) is 6.54 Å². The summed E-state index contributed by atoms with van der Waals surface area (Å²) in [6.45, 7) is 7.40. The van der Waals surface area contributed by atoms with E-state index in [9.17, 15) is 14.5 Å². The lowest BCUT2D eigenvalue weighted by atomic mass is 10.2. The molecule has 0 amide bonds. The molecule has 0 radical (unpaired) electrons. The molecule has 0 saturated carbocycles. The zero-order chi connectivity index (χ0) is 17.0. The first-order chi connectivity index (χ1) is 10.9. The molecule has 0 spiro atoms. The molecule has 2 rings (SSSR count). The van der Waals surface area contributed by atoms with Gasteiger partial charge < -0.3 is 9.64 Å². The van der Waals surface area contributed by atoms with E-state index in [0.717, 1.165) is 17.7 Å². The summed E-state index contributed by atoms with van der Waals surface area (Å²) < 4.78 is 19.4. The van der Waals surface area contributed by atoms with E-state index in [1.807, 2.05) is 31.1 Å². The van der Waals surface area contributed by atoms with E-state index in [0.29, 0.717) is 12.3 Å². The highest BCUT2D eigenvalue weighted by molar-refractivity contribution is 5.61. The molecule has 0 saturated heterocycles. The second-order valence-corrected chi connectivity index (χ2v) is 5.09. The Kier molecular flexibility index (Phi) is 4.88. The molecule has 2 aromatic rings. The molecule has 7 heteroatoms. The fourth-order valence-corrected chi connectivity index (χ4v) is 2.04. The molecule has 0 heterocycles. The summed E-state index contributed by atoms with van der Waals surface area (Å²) in [5.41, 5.74) is -0.0517. The number of benzene rings is 2. The molecule has 0 atom stereocenters. The fraction of sp³-hybridized carbons (Fsp3) is 0.188. The van der Waals surface area contributed by atoms with Crippen LogP contribution in [-0.2, 0) is 6.54 Å². The topological polar surface area (TPSA) is 60.0 Å². The van der Waals surface area contributed by atoms with Gasteiger partial charge in [-0.1, -0.05) is 18.2 Å². The Morgan fingerprint density at radius 2 is 2.00 bits per heavy atom. The second kappa shape index (κ2) is 6.85. The predicted octanol–water partition coefficient (Wildman–Crippen LogP) is 4.14. The third-order valence-corrected chi connectivity index (χ3v) is 3.02. The van der Waals surface area contributed by atoms with Crippen LogP contribution in [0.4, 0.5) is 15.8 Å². The number of hydrogen-bond acceptors (Lipinski definition) is 4. The molecular weight excluding hydrogens is 301 g/mol. The minimum absolute atomic E-state index is 0.230. The van der Waals surface area contributed by atoms with Crippen molar-refractivity contribution in [3.63, 3.8) is 0 Å². The van der Waals surface area contributed by atoms with Crippen molar-refractivity contribution < 1.29 is 14.1 Å². The molecule has 0 N–H and O–H groups in total. The molecule has 0 aliphatic rings. The maximum absolute atomic E-state index is 13.8. The van der Waals surface area contributed by atoms with E-state index in [-0.39, 0.29) is 5.75 Å². The van der Waals surface area contributed by atoms with Crippen LogP contribution in [0.5, 0.6) is 11.5 Å². The van der Waals surface area contributed by atoms with Crippen molar-refractivity contribution in [3.8, 4) is 11.5 Å². The zero-order valence-corrected chi connectivity index (χ0v) is 12.6. The van der Waals surface area contributed by atoms with Crippen LogP contribution in [0.2, 0.25) is 0 Å². The van der Waals surface area contributed by atoms with Gasteiger partial charge in [-0.3, -0.25) is 10.1 Å². The summed E-state index contributed by atoms with van der Waals surface area (Å²) in [6.07, 6.45) is 0. The molecular formula is C16H14FN3O3. The molecule has 0 fully saturated rings. The summed E-state index contributed by atoms with van der Waals surface area (Å²) in [5.74, 6) is -0.684. The Bertz CT molecular complexity index is 785. The van der Waals surface area contributed by atoms with Crippen molar-refractivity contribution in [1.82, 2.24) is 4.90 Å². The number of rotatable bonds is 5. The van der Waals surface area contributed by atoms with Gasteiger partial charge in [0.1, 0.15) is 11.6 Å². The predicted molar refractivity (Wildman–Crippen MR) is 83.2 cm³/mol. The Morgan fingerprint density at radius 3 is 2.61 bits per heavy atom. The minimum atomic E-state index is -0.856. The average Bonchev–Trinajstić information content (AvgIpc) is 2.48. The van der Waals surface area contributed by atoms with Gasteiger partial charge in [-0.2, -0.15) is 0 Å². The number of hydrogen-bond donors (Lipinski definition) is 0. The molecule has 0 aromatic heterocycles. The Morgan fingerprint density at radius 1 is 1.30 bits per heavy atom. The number of nitrogens with zero attached hydrogens (tertiary/aromatic N) is 3. The van der Waals surface area contributed by atoms with Crippen molar-refractivity contribution in [2.24, 2.45) is 0 Å². The monoisotopic (exact) mass is 315 g/mol. The molecule has 23 heavy (non-hydrogen) atoms. The molecule has 118 valence electrons. The molecule has 6 nitrogen and oxygen atoms in total. The maximum Gasteiger partial charge on any atom is 0.301 e. The number of para-hydroxylation sites is 1.